The predicted molar refractivity (Wildman–Crippen MR) is 202 cm³/mol. The molecule has 3 saturated heterocycles. The van der Waals surface area contributed by atoms with Gasteiger partial charge in [-0.2, -0.15) is 0 Å². The van der Waals surface area contributed by atoms with Gasteiger partial charge in [0, 0.05) is 76.4 Å². The number of nitrogens with zero attached hydrogens (tertiary/aromatic N) is 2. The van der Waals surface area contributed by atoms with Crippen molar-refractivity contribution in [2.45, 2.75) is 75.8 Å². The molecule has 1 saturated carbocycles. The predicted octanol–water partition coefficient (Wildman–Crippen LogP) is 6.49. The zero-order valence-electron chi connectivity index (χ0n) is 31.4. The third kappa shape index (κ3) is 4.67. The number of aromatic nitrogens is 2. The molecule has 9 heteroatoms. The Balaban J connectivity index is 1.27. The van der Waals surface area contributed by atoms with Crippen LogP contribution in [-0.2, 0) is 37.3 Å². The smallest absolute Gasteiger partial charge is 0.319 e. The summed E-state index contributed by atoms with van der Waals surface area (Å²) in [6.07, 6.45) is 7.59. The fourth-order valence-electron chi connectivity index (χ4n) is 12.1. The van der Waals surface area contributed by atoms with Gasteiger partial charge < -0.3 is 24.2 Å². The minimum absolute atomic E-state index is 0.00122. The van der Waals surface area contributed by atoms with E-state index in [-0.39, 0.29) is 41.8 Å². The number of allylic oxidation sites excluding steroid dienone is 1. The monoisotopic (exact) mass is 704 g/mol. The number of aromatic amines is 2. The number of H-pyrrole nitrogens is 2. The van der Waals surface area contributed by atoms with Gasteiger partial charge in [-0.1, -0.05) is 43.2 Å². The van der Waals surface area contributed by atoms with Crippen molar-refractivity contribution in [2.24, 2.45) is 23.7 Å². The molecule has 274 valence electrons. The molecule has 4 fully saturated rings. The quantitative estimate of drug-likeness (QED) is 0.181. The summed E-state index contributed by atoms with van der Waals surface area (Å²) in [5.74, 6) is 1.11. The van der Waals surface area contributed by atoms with Gasteiger partial charge >= 0.3 is 11.9 Å². The number of hydrogen-bond acceptors (Lipinski definition) is 7. The summed E-state index contributed by atoms with van der Waals surface area (Å²) in [5, 5.41) is 2.32. The lowest BCUT2D eigenvalue weighted by molar-refractivity contribution is -0.162. The number of carbonyl (C=O) groups excluding carboxylic acids is 2. The molecule has 6 aliphatic rings. The van der Waals surface area contributed by atoms with Crippen molar-refractivity contribution in [3.8, 4) is 5.75 Å². The maximum absolute atomic E-state index is 14.2. The zero-order chi connectivity index (χ0) is 36.1. The van der Waals surface area contributed by atoms with Crippen molar-refractivity contribution < 1.29 is 23.8 Å². The summed E-state index contributed by atoms with van der Waals surface area (Å²) >= 11 is 0. The van der Waals surface area contributed by atoms with Crippen molar-refractivity contribution in [2.75, 3.05) is 48.0 Å². The molecule has 0 amide bonds. The molecule has 10 rings (SSSR count). The molecular formula is C43H52N4O5. The number of methoxy groups -OCH3 is 3. The van der Waals surface area contributed by atoms with Crippen LogP contribution in [0.5, 0.6) is 5.75 Å². The Morgan fingerprint density at radius 1 is 1.02 bits per heavy atom. The molecule has 6 bridgehead atoms. The van der Waals surface area contributed by atoms with Crippen LogP contribution in [0, 0.1) is 23.7 Å². The molecule has 9 atom stereocenters. The van der Waals surface area contributed by atoms with Gasteiger partial charge in [-0.15, -0.1) is 0 Å². The van der Waals surface area contributed by atoms with Crippen molar-refractivity contribution in [1.29, 1.82) is 0 Å². The van der Waals surface area contributed by atoms with Crippen LogP contribution < -0.4 is 4.74 Å². The molecule has 0 spiro atoms. The number of likely N-dealkylation sites (N-methyl/N-ethyl adjacent to an activating group) is 1. The number of rotatable bonds is 5. The van der Waals surface area contributed by atoms with E-state index in [1.165, 1.54) is 41.3 Å². The highest BCUT2D eigenvalue weighted by Gasteiger charge is 2.62. The van der Waals surface area contributed by atoms with Crippen molar-refractivity contribution in [3.05, 3.63) is 76.1 Å². The highest BCUT2D eigenvalue weighted by molar-refractivity contribution is 5.93. The number of para-hydroxylation sites is 1. The number of piperidine rings is 3. The Labute approximate surface area is 306 Å². The van der Waals surface area contributed by atoms with Gasteiger partial charge in [0.1, 0.15) is 11.2 Å². The van der Waals surface area contributed by atoms with Gasteiger partial charge in [-0.25, -0.2) is 0 Å². The first-order valence-corrected chi connectivity index (χ1v) is 19.3. The number of likely N-dealkylation sites (tertiary alicyclic amines) is 1. The summed E-state index contributed by atoms with van der Waals surface area (Å²) in [6, 6.07) is 13.2. The minimum atomic E-state index is -0.725. The highest BCUT2D eigenvalue weighted by Crippen LogP contribution is 2.56. The number of fused-ring (bicyclic) bond motifs is 9. The normalized spacial score (nSPS) is 33.2. The van der Waals surface area contributed by atoms with Gasteiger partial charge in [-0.05, 0) is 93.2 Å². The van der Waals surface area contributed by atoms with Crippen LogP contribution in [0.15, 0.2) is 48.0 Å². The summed E-state index contributed by atoms with van der Waals surface area (Å²) in [5.41, 5.74) is 8.48. The van der Waals surface area contributed by atoms with E-state index >= 15 is 0 Å². The molecule has 1 unspecified atom stereocenters. The largest absolute Gasteiger partial charge is 0.496 e. The Kier molecular flexibility index (Phi) is 8.12. The van der Waals surface area contributed by atoms with E-state index < -0.39 is 5.41 Å². The number of ether oxygens (including phenoxy) is 3. The van der Waals surface area contributed by atoms with Crippen molar-refractivity contribution in [3.63, 3.8) is 0 Å². The topological polar surface area (TPSA) is 99.9 Å². The van der Waals surface area contributed by atoms with E-state index in [2.05, 4.69) is 83.1 Å². The maximum Gasteiger partial charge on any atom is 0.319 e. The van der Waals surface area contributed by atoms with Gasteiger partial charge in [0.15, 0.2) is 0 Å². The molecule has 4 aliphatic heterocycles. The van der Waals surface area contributed by atoms with E-state index in [0.717, 1.165) is 85.2 Å². The number of esters is 2. The van der Waals surface area contributed by atoms with Crippen molar-refractivity contribution in [1.82, 2.24) is 19.8 Å². The number of carbonyl (C=O) groups is 2. The van der Waals surface area contributed by atoms with Crippen molar-refractivity contribution >= 4 is 33.7 Å². The fraction of sp³-hybridized carbons (Fsp3) is 0.535. The lowest BCUT2D eigenvalue weighted by atomic mass is 9.56. The van der Waals surface area contributed by atoms with Gasteiger partial charge in [0.05, 0.1) is 27.2 Å². The van der Waals surface area contributed by atoms with Crippen LogP contribution in [0.2, 0.25) is 0 Å². The lowest BCUT2D eigenvalue weighted by Crippen LogP contribution is -2.67. The summed E-state index contributed by atoms with van der Waals surface area (Å²) in [7, 11) is 6.99. The molecule has 9 nitrogen and oxygen atoms in total. The molecular weight excluding hydrogens is 652 g/mol. The molecule has 52 heavy (non-hydrogen) atoms. The second-order valence-electron chi connectivity index (χ2n) is 16.3. The number of nitrogens with one attached hydrogen (secondary N) is 2. The van der Waals surface area contributed by atoms with Crippen LogP contribution in [-0.4, -0.2) is 91.8 Å². The second-order valence-corrected chi connectivity index (χ2v) is 16.3. The standard InChI is InChI=1S/C43H52N4O5/c1-7-24-15-23-20-43(42(49)52-6)39-27(13-14-47(21-23)40(24)43)29-19-36(50-4)30(17-34(29)45-39)31-16-28-25(8-2)22-46(3)35(37(28)41(48)51-5)18-32-26-11-9-10-12-33(26)44-38(31)32/h8-12,17,19,23-24,28,31,35,37,40,44-45H,7,13-16,18,20-22H2,1-6H3/b25-8-/t23-,24+,28+,31-,35+,37-,40+,43-/m1/s1. The number of benzene rings is 2. The Hall–Kier alpha value is -4.08. The minimum Gasteiger partial charge on any atom is -0.496 e. The molecule has 2 N–H and O–H groups in total. The van der Waals surface area contributed by atoms with Crippen LogP contribution in [0.1, 0.15) is 73.5 Å². The number of hydrogen-bond donors (Lipinski definition) is 2. The fourth-order valence-corrected chi connectivity index (χ4v) is 12.1. The molecule has 2 aromatic carbocycles. The second kappa shape index (κ2) is 12.5. The SMILES string of the molecule is C/C=C1/CN(C)[C@H]2Cc3c([nH]c4ccccc34)[C@@H](c3cc4[nH]c5c(c4cc3OC)CCN3C[C@@H]4C[C@H](CC)[C@H]3[C@@]5(C(=O)OC)C4)C[C@@H]1[C@H]2C(=O)OC. The molecule has 6 heterocycles. The van der Waals surface area contributed by atoms with Gasteiger partial charge in [0.2, 0.25) is 0 Å². The third-order valence-corrected chi connectivity index (χ3v) is 14.1. The van der Waals surface area contributed by atoms with Gasteiger partial charge in [0.25, 0.3) is 0 Å². The Bertz CT molecular complexity index is 2110. The molecule has 0 radical (unpaired) electrons. The summed E-state index contributed by atoms with van der Waals surface area (Å²) in [4.78, 5) is 40.8. The van der Waals surface area contributed by atoms with E-state index in [0.29, 0.717) is 11.8 Å². The average Bonchev–Trinajstić information content (AvgIpc) is 3.69. The van der Waals surface area contributed by atoms with Gasteiger partial charge in [-0.3, -0.25) is 19.4 Å². The van der Waals surface area contributed by atoms with Crippen LogP contribution >= 0.6 is 0 Å². The zero-order valence-corrected chi connectivity index (χ0v) is 31.4. The van der Waals surface area contributed by atoms with Crippen LogP contribution in [0.3, 0.4) is 0 Å². The third-order valence-electron chi connectivity index (χ3n) is 14.1. The van der Waals surface area contributed by atoms with Crippen LogP contribution in [0.4, 0.5) is 0 Å². The van der Waals surface area contributed by atoms with Crippen LogP contribution in [0.25, 0.3) is 21.8 Å². The van der Waals surface area contributed by atoms with E-state index in [1.54, 1.807) is 14.2 Å². The summed E-state index contributed by atoms with van der Waals surface area (Å²) in [6.45, 7) is 7.17. The molecule has 2 aliphatic carbocycles. The molecule has 2 aromatic heterocycles. The summed E-state index contributed by atoms with van der Waals surface area (Å²) < 4.78 is 17.6. The Morgan fingerprint density at radius 3 is 2.60 bits per heavy atom. The lowest BCUT2D eigenvalue weighted by Gasteiger charge is -2.57. The van der Waals surface area contributed by atoms with E-state index in [1.807, 2.05) is 0 Å². The van der Waals surface area contributed by atoms with E-state index in [4.69, 9.17) is 14.2 Å². The molecule has 4 aromatic rings. The maximum atomic E-state index is 14.2. The first kappa shape index (κ1) is 33.7. The van der Waals surface area contributed by atoms with E-state index in [9.17, 15) is 9.59 Å². The average molecular weight is 705 g/mol. The first-order valence-electron chi connectivity index (χ1n) is 19.3. The Morgan fingerprint density at radius 2 is 1.85 bits per heavy atom. The highest BCUT2D eigenvalue weighted by atomic mass is 16.5. The first-order chi connectivity index (χ1) is 25.3.